The van der Waals surface area contributed by atoms with Crippen molar-refractivity contribution in [2.75, 3.05) is 17.1 Å². The zero-order valence-electron chi connectivity index (χ0n) is 23.5. The molecule has 1 atom stereocenters. The monoisotopic (exact) mass is 671 g/mol. The molecule has 0 bridgehead atoms. The van der Waals surface area contributed by atoms with Gasteiger partial charge in [-0.3, -0.25) is 13.9 Å². The molecule has 3 aromatic rings. The lowest BCUT2D eigenvalue weighted by Gasteiger charge is -2.32. The molecule has 0 saturated carbocycles. The van der Waals surface area contributed by atoms with Gasteiger partial charge >= 0.3 is 0 Å². The lowest BCUT2D eigenvalue weighted by molar-refractivity contribution is -0.141. The van der Waals surface area contributed by atoms with Crippen LogP contribution in [0, 0.1) is 0 Å². The molecule has 0 radical (unpaired) electrons. The van der Waals surface area contributed by atoms with Crippen LogP contribution in [-0.2, 0) is 32.6 Å². The number of nitrogens with zero attached hydrogens (tertiary/aromatic N) is 2. The Morgan fingerprint density at radius 2 is 1.52 bits per heavy atom. The number of rotatable bonds is 13. The van der Waals surface area contributed by atoms with Gasteiger partial charge in [-0.15, -0.1) is 0 Å². The Balaban J connectivity index is 1.93. The molecule has 42 heavy (non-hydrogen) atoms. The Kier molecular flexibility index (Phi) is 12.4. The van der Waals surface area contributed by atoms with Gasteiger partial charge in [0, 0.05) is 47.0 Å². The molecule has 3 aromatic carbocycles. The second-order valence-electron chi connectivity index (χ2n) is 10.2. The summed E-state index contributed by atoms with van der Waals surface area (Å²) in [6, 6.07) is 17.9. The Morgan fingerprint density at radius 1 is 0.881 bits per heavy atom. The van der Waals surface area contributed by atoms with Crippen LogP contribution in [0.1, 0.15) is 37.8 Å². The number of sulfonamides is 1. The minimum absolute atomic E-state index is 0.0261. The van der Waals surface area contributed by atoms with Crippen molar-refractivity contribution in [1.82, 2.24) is 10.2 Å². The number of anilines is 1. The third-order valence-electron chi connectivity index (χ3n) is 6.39. The first-order chi connectivity index (χ1) is 19.8. The van der Waals surface area contributed by atoms with Crippen molar-refractivity contribution in [2.45, 2.75) is 51.7 Å². The van der Waals surface area contributed by atoms with Crippen molar-refractivity contribution in [2.24, 2.45) is 0 Å². The summed E-state index contributed by atoms with van der Waals surface area (Å²) in [4.78, 5) is 28.9. The van der Waals surface area contributed by atoms with Crippen LogP contribution < -0.4 is 9.62 Å². The van der Waals surface area contributed by atoms with E-state index in [1.165, 1.54) is 17.0 Å². The molecule has 0 aliphatic heterocycles. The molecule has 2 amide bonds. The zero-order valence-corrected chi connectivity index (χ0v) is 27.3. The van der Waals surface area contributed by atoms with Crippen LogP contribution >= 0.6 is 46.4 Å². The molecule has 0 unspecified atom stereocenters. The van der Waals surface area contributed by atoms with Crippen LogP contribution in [0.5, 0.6) is 0 Å². The molecule has 7 nitrogen and oxygen atoms in total. The van der Waals surface area contributed by atoms with E-state index in [2.05, 4.69) is 5.32 Å². The van der Waals surface area contributed by atoms with Gasteiger partial charge in [-0.05, 0) is 61.7 Å². The Hall–Kier alpha value is -2.49. The molecule has 0 aliphatic carbocycles. The van der Waals surface area contributed by atoms with E-state index < -0.39 is 16.1 Å². The quantitative estimate of drug-likeness (QED) is 0.212. The highest BCUT2D eigenvalue weighted by Crippen LogP contribution is 2.31. The highest BCUT2D eigenvalue weighted by atomic mass is 35.5. The number of amides is 2. The summed E-state index contributed by atoms with van der Waals surface area (Å²) in [5.74, 6) is -0.651. The molecule has 0 aromatic heterocycles. The number of hydrogen-bond donors (Lipinski definition) is 1. The average molecular weight is 673 g/mol. The highest BCUT2D eigenvalue weighted by Gasteiger charge is 2.31. The first-order valence-electron chi connectivity index (χ1n) is 13.3. The summed E-state index contributed by atoms with van der Waals surface area (Å²) in [5, 5.41) is 4.28. The minimum Gasteiger partial charge on any atom is -0.352 e. The smallest absolute Gasteiger partial charge is 0.243 e. The molecule has 3 rings (SSSR count). The van der Waals surface area contributed by atoms with E-state index in [0.717, 1.165) is 16.1 Å². The van der Waals surface area contributed by atoms with Gasteiger partial charge in [-0.25, -0.2) is 8.42 Å². The van der Waals surface area contributed by atoms with Crippen LogP contribution in [0.15, 0.2) is 66.7 Å². The maximum atomic E-state index is 13.9. The first kappa shape index (κ1) is 34.0. The van der Waals surface area contributed by atoms with Crippen LogP contribution in [0.3, 0.4) is 0 Å². The Labute approximate surface area is 267 Å². The third-order valence-corrected chi connectivity index (χ3v) is 8.71. The summed E-state index contributed by atoms with van der Waals surface area (Å²) in [5.41, 5.74) is 1.72. The fourth-order valence-corrected chi connectivity index (χ4v) is 6.30. The number of carbonyl (C=O) groups is 2. The Bertz CT molecular complexity index is 1500. The minimum atomic E-state index is -3.75. The largest absolute Gasteiger partial charge is 0.352 e. The standard InChI is InChI=1S/C30H33Cl4N3O4S/c1-20(2)35-30(39)28(16-21-8-5-4-6-9-21)36(19-22-11-12-23(31)17-26(22)34)29(38)10-7-15-37(42(3,40)41)27-18-24(32)13-14-25(27)33/h4-6,8-9,11-14,17-18,20,28H,7,10,15-16,19H2,1-3H3,(H,35,39)/t28-/m0/s1. The molecule has 1 N–H and O–H groups in total. The van der Waals surface area contributed by atoms with Gasteiger partial charge < -0.3 is 10.2 Å². The van der Waals surface area contributed by atoms with Crippen LogP contribution in [0.2, 0.25) is 20.1 Å². The van der Waals surface area contributed by atoms with Gasteiger partial charge in [0.25, 0.3) is 0 Å². The van der Waals surface area contributed by atoms with Crippen LogP contribution in [0.4, 0.5) is 5.69 Å². The molecular weight excluding hydrogens is 640 g/mol. The van der Waals surface area contributed by atoms with Crippen molar-refractivity contribution in [1.29, 1.82) is 0 Å². The van der Waals surface area contributed by atoms with Crippen LogP contribution in [0.25, 0.3) is 0 Å². The van der Waals surface area contributed by atoms with Crippen molar-refractivity contribution in [3.63, 3.8) is 0 Å². The van der Waals surface area contributed by atoms with Gasteiger partial charge in [0.2, 0.25) is 21.8 Å². The number of halogens is 4. The zero-order chi connectivity index (χ0) is 31.0. The molecule has 0 aliphatic rings. The van der Waals surface area contributed by atoms with Gasteiger partial charge in [-0.1, -0.05) is 82.8 Å². The van der Waals surface area contributed by atoms with Gasteiger partial charge in [-0.2, -0.15) is 0 Å². The summed E-state index contributed by atoms with van der Waals surface area (Å²) < 4.78 is 26.5. The maximum absolute atomic E-state index is 13.9. The molecule has 0 heterocycles. The Morgan fingerprint density at radius 3 is 2.14 bits per heavy atom. The second-order valence-corrected chi connectivity index (χ2v) is 13.8. The fourth-order valence-electron chi connectivity index (χ4n) is 4.43. The van der Waals surface area contributed by atoms with E-state index >= 15 is 0 Å². The molecule has 0 fully saturated rings. The molecule has 0 spiro atoms. The van der Waals surface area contributed by atoms with E-state index in [9.17, 15) is 18.0 Å². The SMILES string of the molecule is CC(C)NC(=O)[C@H](Cc1ccccc1)N(Cc1ccc(Cl)cc1Cl)C(=O)CCCN(c1cc(Cl)ccc1Cl)S(C)(=O)=O. The van der Waals surface area contributed by atoms with E-state index in [-0.39, 0.29) is 60.9 Å². The van der Waals surface area contributed by atoms with E-state index in [1.807, 2.05) is 44.2 Å². The lowest BCUT2D eigenvalue weighted by atomic mass is 10.0. The fraction of sp³-hybridized carbons (Fsp3) is 0.333. The van der Waals surface area contributed by atoms with Crippen molar-refractivity contribution in [3.8, 4) is 0 Å². The number of nitrogens with one attached hydrogen (secondary N) is 1. The van der Waals surface area contributed by atoms with E-state index in [4.69, 9.17) is 46.4 Å². The third kappa shape index (κ3) is 9.78. The van der Waals surface area contributed by atoms with Crippen molar-refractivity contribution in [3.05, 3.63) is 97.9 Å². The predicted molar refractivity (Wildman–Crippen MR) is 172 cm³/mol. The normalized spacial score (nSPS) is 12.2. The molecule has 0 saturated heterocycles. The number of benzene rings is 3. The van der Waals surface area contributed by atoms with Crippen molar-refractivity contribution >= 4 is 73.9 Å². The van der Waals surface area contributed by atoms with Gasteiger partial charge in [0.1, 0.15) is 6.04 Å². The summed E-state index contributed by atoms with van der Waals surface area (Å²) in [7, 11) is -3.75. The molecule has 12 heteroatoms. The summed E-state index contributed by atoms with van der Waals surface area (Å²) in [6.07, 6.45) is 1.44. The second kappa shape index (κ2) is 15.3. The molecular formula is C30H33Cl4N3O4S. The average Bonchev–Trinajstić information content (AvgIpc) is 2.90. The lowest BCUT2D eigenvalue weighted by Crippen LogP contribution is -2.51. The number of carbonyl (C=O) groups excluding carboxylic acids is 2. The topological polar surface area (TPSA) is 86.8 Å². The maximum Gasteiger partial charge on any atom is 0.243 e. The number of hydrogen-bond acceptors (Lipinski definition) is 4. The van der Waals surface area contributed by atoms with E-state index in [0.29, 0.717) is 20.6 Å². The van der Waals surface area contributed by atoms with Crippen molar-refractivity contribution < 1.29 is 18.0 Å². The molecule has 226 valence electrons. The van der Waals surface area contributed by atoms with Gasteiger partial charge in [0.05, 0.1) is 17.0 Å². The van der Waals surface area contributed by atoms with Crippen LogP contribution in [-0.4, -0.2) is 50.0 Å². The first-order valence-corrected chi connectivity index (χ1v) is 16.6. The predicted octanol–water partition coefficient (Wildman–Crippen LogP) is 7.01. The summed E-state index contributed by atoms with van der Waals surface area (Å²) in [6.45, 7) is 3.72. The highest BCUT2D eigenvalue weighted by molar-refractivity contribution is 7.92. The van der Waals surface area contributed by atoms with Gasteiger partial charge in [0.15, 0.2) is 0 Å². The summed E-state index contributed by atoms with van der Waals surface area (Å²) >= 11 is 25.0. The van der Waals surface area contributed by atoms with E-state index in [1.54, 1.807) is 24.3 Å².